The molecule has 2 heterocycles. The number of nitrogens with two attached hydrogens (primary N) is 1. The molecule has 2 N–H and O–H groups in total. The summed E-state index contributed by atoms with van der Waals surface area (Å²) in [5, 5.41) is 0. The second-order valence-electron chi connectivity index (χ2n) is 2.26. The zero-order valence-electron chi connectivity index (χ0n) is 5.62. The molecular formula is C6H6IN3O. The van der Waals surface area contributed by atoms with Crippen LogP contribution in [0.2, 0.25) is 0 Å². The lowest BCUT2D eigenvalue weighted by Crippen LogP contribution is -2.05. The van der Waals surface area contributed by atoms with Gasteiger partial charge in [-0.2, -0.15) is 4.98 Å². The number of nitrogens with zero attached hydrogens (tertiary/aromatic N) is 2. The third-order valence-electron chi connectivity index (χ3n) is 1.37. The summed E-state index contributed by atoms with van der Waals surface area (Å²) in [4.78, 5) is 3.96. The van der Waals surface area contributed by atoms with Gasteiger partial charge in [-0.3, -0.25) is 4.57 Å². The highest BCUT2D eigenvalue weighted by Gasteiger charge is 2.11. The van der Waals surface area contributed by atoms with Gasteiger partial charge >= 0.3 is 6.01 Å². The number of nitrogen functional groups attached to an aromatic ring is 1. The average molecular weight is 263 g/mol. The average Bonchev–Trinajstić information content (AvgIpc) is 2.27. The molecular weight excluding hydrogens is 257 g/mol. The molecule has 0 saturated heterocycles. The number of halogens is 1. The van der Waals surface area contributed by atoms with Crippen molar-refractivity contribution >= 4 is 28.4 Å². The topological polar surface area (TPSA) is 53.1 Å². The van der Waals surface area contributed by atoms with Gasteiger partial charge in [0.1, 0.15) is 12.1 Å². The van der Waals surface area contributed by atoms with Gasteiger partial charge in [-0.25, -0.2) is 0 Å². The Labute approximate surface area is 77.2 Å². The van der Waals surface area contributed by atoms with Crippen LogP contribution in [0.4, 0.5) is 5.82 Å². The number of fused-ring (bicyclic) bond motifs is 1. The number of imidazole rings is 1. The Kier molecular flexibility index (Phi) is 1.52. The number of allylic oxidation sites excluding steroid dienone is 1. The zero-order chi connectivity index (χ0) is 7.84. The normalized spacial score (nSPS) is 15.2. The van der Waals surface area contributed by atoms with Crippen LogP contribution in [-0.4, -0.2) is 9.55 Å². The molecule has 5 heteroatoms. The third kappa shape index (κ3) is 1.20. The van der Waals surface area contributed by atoms with Gasteiger partial charge in [0, 0.05) is 3.58 Å². The van der Waals surface area contributed by atoms with E-state index in [1.54, 1.807) is 12.5 Å². The summed E-state index contributed by atoms with van der Waals surface area (Å²) >= 11 is 2.21. The van der Waals surface area contributed by atoms with Gasteiger partial charge in [-0.15, -0.1) is 0 Å². The minimum atomic E-state index is 0.500. The van der Waals surface area contributed by atoms with Crippen LogP contribution in [-0.2, 0) is 6.54 Å². The predicted molar refractivity (Wildman–Crippen MR) is 49.4 cm³/mol. The molecule has 0 saturated carbocycles. The summed E-state index contributed by atoms with van der Waals surface area (Å²) in [5.74, 6) is 0.500. The second kappa shape index (κ2) is 2.40. The highest BCUT2D eigenvalue weighted by molar-refractivity contribution is 14.1. The quantitative estimate of drug-likeness (QED) is 0.714. The fraction of sp³-hybridized carbons (Fsp3) is 0.167. The first-order chi connectivity index (χ1) is 5.25. The number of hydrogen-bond acceptors (Lipinski definition) is 3. The Balaban J connectivity index is 2.40. The van der Waals surface area contributed by atoms with Crippen molar-refractivity contribution in [1.82, 2.24) is 9.55 Å². The minimum Gasteiger partial charge on any atom is -0.433 e. The molecule has 0 aromatic carbocycles. The van der Waals surface area contributed by atoms with Gasteiger partial charge < -0.3 is 10.5 Å². The Morgan fingerprint density at radius 2 is 2.55 bits per heavy atom. The first-order valence-corrected chi connectivity index (χ1v) is 4.17. The van der Waals surface area contributed by atoms with Crippen molar-refractivity contribution in [3.63, 3.8) is 0 Å². The van der Waals surface area contributed by atoms with E-state index in [0.29, 0.717) is 11.8 Å². The molecule has 0 aliphatic carbocycles. The van der Waals surface area contributed by atoms with Gasteiger partial charge in [0.05, 0.1) is 12.7 Å². The van der Waals surface area contributed by atoms with Crippen LogP contribution in [0.15, 0.2) is 16.0 Å². The lowest BCUT2D eigenvalue weighted by molar-refractivity contribution is 0.395. The largest absolute Gasteiger partial charge is 0.433 e. The first kappa shape index (κ1) is 6.96. The molecule has 11 heavy (non-hydrogen) atoms. The first-order valence-electron chi connectivity index (χ1n) is 3.09. The number of hydrogen-bond donors (Lipinski definition) is 1. The highest BCUT2D eigenvalue weighted by atomic mass is 127. The number of anilines is 1. The van der Waals surface area contributed by atoms with Crippen LogP contribution in [0.3, 0.4) is 0 Å². The van der Waals surface area contributed by atoms with Crippen molar-refractivity contribution in [2.24, 2.45) is 0 Å². The van der Waals surface area contributed by atoms with E-state index in [2.05, 4.69) is 27.6 Å². The van der Waals surface area contributed by atoms with Crippen molar-refractivity contribution in [1.29, 1.82) is 0 Å². The molecule has 0 bridgehead atoms. The molecule has 4 nitrogen and oxygen atoms in total. The molecule has 0 spiro atoms. The lowest BCUT2D eigenvalue weighted by Gasteiger charge is -2.10. The third-order valence-corrected chi connectivity index (χ3v) is 1.97. The number of ether oxygens (including phenoxy) is 1. The van der Waals surface area contributed by atoms with E-state index < -0.39 is 0 Å². The fourth-order valence-corrected chi connectivity index (χ4v) is 1.44. The molecule has 0 atom stereocenters. The van der Waals surface area contributed by atoms with Crippen molar-refractivity contribution in [3.05, 3.63) is 16.0 Å². The second-order valence-corrected chi connectivity index (χ2v) is 3.64. The molecule has 1 aromatic heterocycles. The van der Waals surface area contributed by atoms with Crippen LogP contribution in [0.1, 0.15) is 0 Å². The summed E-state index contributed by atoms with van der Waals surface area (Å²) in [6, 6.07) is 0.572. The molecule has 0 unspecified atom stereocenters. The minimum absolute atomic E-state index is 0.500. The van der Waals surface area contributed by atoms with Gasteiger partial charge in [0.25, 0.3) is 0 Å². The maximum atomic E-state index is 5.47. The summed E-state index contributed by atoms with van der Waals surface area (Å²) < 4.78 is 8.16. The standard InChI is InChI=1S/C6H6IN3O/c7-4-1-10-2-5(8)9-6(10)11-3-4/h2-3H,1,8H2. The van der Waals surface area contributed by atoms with E-state index in [1.807, 2.05) is 4.57 Å². The Morgan fingerprint density at radius 1 is 1.73 bits per heavy atom. The smallest absolute Gasteiger partial charge is 0.303 e. The van der Waals surface area contributed by atoms with Crippen LogP contribution in [0.25, 0.3) is 0 Å². The van der Waals surface area contributed by atoms with Crippen molar-refractivity contribution in [3.8, 4) is 6.01 Å². The van der Waals surface area contributed by atoms with E-state index in [9.17, 15) is 0 Å². The monoisotopic (exact) mass is 263 g/mol. The maximum Gasteiger partial charge on any atom is 0.303 e. The van der Waals surface area contributed by atoms with Crippen LogP contribution in [0.5, 0.6) is 6.01 Å². The zero-order valence-corrected chi connectivity index (χ0v) is 7.78. The van der Waals surface area contributed by atoms with E-state index in [0.717, 1.165) is 10.1 Å². The number of aromatic nitrogens is 2. The molecule has 1 aliphatic heterocycles. The lowest BCUT2D eigenvalue weighted by atomic mass is 10.5. The molecule has 58 valence electrons. The van der Waals surface area contributed by atoms with Crippen LogP contribution >= 0.6 is 22.6 Å². The molecule has 0 amide bonds. The van der Waals surface area contributed by atoms with Gasteiger partial charge in [-0.05, 0) is 22.6 Å². The van der Waals surface area contributed by atoms with Gasteiger partial charge in [0.2, 0.25) is 0 Å². The summed E-state index contributed by atoms with van der Waals surface area (Å²) in [7, 11) is 0. The van der Waals surface area contributed by atoms with Crippen molar-refractivity contribution < 1.29 is 4.74 Å². The summed E-state index contributed by atoms with van der Waals surface area (Å²) in [5.41, 5.74) is 5.47. The Hall–Kier alpha value is -0.720. The van der Waals surface area contributed by atoms with Gasteiger partial charge in [0.15, 0.2) is 0 Å². The maximum absolute atomic E-state index is 5.47. The van der Waals surface area contributed by atoms with E-state index in [-0.39, 0.29) is 0 Å². The number of rotatable bonds is 0. The van der Waals surface area contributed by atoms with Crippen LogP contribution in [0, 0.1) is 0 Å². The predicted octanol–water partition coefficient (Wildman–Crippen LogP) is 1.13. The van der Waals surface area contributed by atoms with Gasteiger partial charge in [-0.1, -0.05) is 0 Å². The Morgan fingerprint density at radius 3 is 3.36 bits per heavy atom. The summed E-state index contributed by atoms with van der Waals surface area (Å²) in [6.45, 7) is 0.806. The van der Waals surface area contributed by atoms with Crippen molar-refractivity contribution in [2.45, 2.75) is 6.54 Å². The van der Waals surface area contributed by atoms with E-state index in [1.165, 1.54) is 0 Å². The molecule has 0 fully saturated rings. The molecule has 2 rings (SSSR count). The molecule has 1 aromatic rings. The Bertz CT molecular complexity index is 318. The molecule has 0 radical (unpaired) electrons. The van der Waals surface area contributed by atoms with Crippen LogP contribution < -0.4 is 10.5 Å². The summed E-state index contributed by atoms with van der Waals surface area (Å²) in [6.07, 6.45) is 3.45. The van der Waals surface area contributed by atoms with E-state index >= 15 is 0 Å². The molecule has 1 aliphatic rings. The van der Waals surface area contributed by atoms with Crippen molar-refractivity contribution in [2.75, 3.05) is 5.73 Å². The fourth-order valence-electron chi connectivity index (χ4n) is 0.942. The highest BCUT2D eigenvalue weighted by Crippen LogP contribution is 2.22. The van der Waals surface area contributed by atoms with E-state index in [4.69, 9.17) is 10.5 Å². The SMILES string of the molecule is Nc1cn2c(n1)OC=C(I)C2.